The molecule has 1 fully saturated rings. The molecule has 1 aromatic heterocycles. The molecule has 3 aromatic carbocycles. The number of anilines is 1. The smallest absolute Gasteiger partial charge is 0.350 e. The molecule has 0 saturated carbocycles. The number of esters is 1. The molecule has 3 heterocycles. The summed E-state index contributed by atoms with van der Waals surface area (Å²) in [6.07, 6.45) is 0.651. The highest BCUT2D eigenvalue weighted by Gasteiger charge is 2.48. The molecule has 2 atom stereocenters. The van der Waals surface area contributed by atoms with Gasteiger partial charge in [-0.25, -0.2) is 9.78 Å². The molecule has 0 aliphatic carbocycles. The van der Waals surface area contributed by atoms with Crippen LogP contribution in [-0.4, -0.2) is 41.0 Å². The summed E-state index contributed by atoms with van der Waals surface area (Å²) >= 11 is 0.947. The van der Waals surface area contributed by atoms with Gasteiger partial charge in [0.1, 0.15) is 34.8 Å². The molecule has 9 nitrogen and oxygen atoms in total. The number of ether oxygens (including phenoxy) is 3. The number of fused-ring (bicyclic) bond motifs is 1. The van der Waals surface area contributed by atoms with Crippen molar-refractivity contribution in [1.29, 1.82) is 0 Å². The molecule has 218 valence electrons. The molecule has 1 saturated heterocycles. The van der Waals surface area contributed by atoms with Gasteiger partial charge in [0.15, 0.2) is 5.13 Å². The number of aliphatic hydroxyl groups excluding tert-OH is 1. The van der Waals surface area contributed by atoms with E-state index in [0.717, 1.165) is 28.2 Å². The third-order valence-electron chi connectivity index (χ3n) is 7.40. The largest absolute Gasteiger partial charge is 0.507 e. The number of benzene rings is 3. The van der Waals surface area contributed by atoms with Crippen molar-refractivity contribution in [3.8, 4) is 11.5 Å². The number of hydrogen-bond donors (Lipinski definition) is 1. The fourth-order valence-corrected chi connectivity index (χ4v) is 6.36. The fraction of sp³-hybridized carbons (Fsp3) is 0.212. The van der Waals surface area contributed by atoms with E-state index in [1.807, 2.05) is 37.3 Å². The van der Waals surface area contributed by atoms with Crippen LogP contribution in [0.4, 0.5) is 5.13 Å². The highest BCUT2D eigenvalue weighted by atomic mass is 32.1. The zero-order chi connectivity index (χ0) is 30.2. The van der Waals surface area contributed by atoms with Gasteiger partial charge in [-0.2, -0.15) is 0 Å². The Bertz CT molecular complexity index is 1780. The summed E-state index contributed by atoms with van der Waals surface area (Å²) in [7, 11) is 1.26. The van der Waals surface area contributed by atoms with Crippen molar-refractivity contribution in [3.63, 3.8) is 0 Å². The van der Waals surface area contributed by atoms with Crippen molar-refractivity contribution in [2.75, 3.05) is 12.0 Å². The van der Waals surface area contributed by atoms with Gasteiger partial charge in [-0.1, -0.05) is 53.8 Å². The quantitative estimate of drug-likeness (QED) is 0.124. The number of aryl methyl sites for hydroxylation is 1. The van der Waals surface area contributed by atoms with Crippen LogP contribution in [0, 0.1) is 6.92 Å². The maximum absolute atomic E-state index is 13.7. The second-order valence-corrected chi connectivity index (χ2v) is 11.4. The van der Waals surface area contributed by atoms with E-state index in [9.17, 15) is 19.5 Å². The van der Waals surface area contributed by atoms with Crippen LogP contribution < -0.4 is 14.4 Å². The molecule has 43 heavy (non-hydrogen) atoms. The van der Waals surface area contributed by atoms with Gasteiger partial charge < -0.3 is 19.3 Å². The Kier molecular flexibility index (Phi) is 7.45. The lowest BCUT2D eigenvalue weighted by molar-refractivity contribution is -0.132. The van der Waals surface area contributed by atoms with Gasteiger partial charge in [-0.05, 0) is 60.9 Å². The number of ketones is 1. The molecular formula is C33H28N2O7S. The van der Waals surface area contributed by atoms with E-state index in [-0.39, 0.29) is 27.4 Å². The van der Waals surface area contributed by atoms with Crippen LogP contribution in [0.3, 0.4) is 0 Å². The topological polar surface area (TPSA) is 115 Å². The molecule has 4 aromatic rings. The van der Waals surface area contributed by atoms with E-state index in [0.29, 0.717) is 35.6 Å². The first-order chi connectivity index (χ1) is 20.7. The number of amides is 1. The van der Waals surface area contributed by atoms with Gasteiger partial charge in [0.05, 0.1) is 24.4 Å². The standard InChI is InChI=1S/C33H28N2O7S/c1-18-14-23-15-22(12-13-25(23)42-18)28(36)26-27(21-10-7-11-24(16-21)41-17-20-8-5-4-6-9-20)35(31(38)29(26)37)33-34-19(2)30(43-33)32(39)40-3/h4-13,15-16,18,27,36H,14,17H2,1-3H3/t18-,27-/m0/s1. The molecule has 1 amide bonds. The number of nitrogens with zero attached hydrogens (tertiary/aromatic N) is 2. The molecule has 0 unspecified atom stereocenters. The minimum atomic E-state index is -1.04. The predicted octanol–water partition coefficient (Wildman–Crippen LogP) is 5.77. The summed E-state index contributed by atoms with van der Waals surface area (Å²) in [5.74, 6) is -1.41. The van der Waals surface area contributed by atoms with Crippen molar-refractivity contribution < 1.29 is 33.7 Å². The molecule has 0 bridgehead atoms. The van der Waals surface area contributed by atoms with Crippen LogP contribution in [0.25, 0.3) is 5.76 Å². The average Bonchev–Trinajstić information content (AvgIpc) is 3.67. The summed E-state index contributed by atoms with van der Waals surface area (Å²) < 4.78 is 16.7. The van der Waals surface area contributed by atoms with Gasteiger partial charge in [0.25, 0.3) is 5.78 Å². The second kappa shape index (κ2) is 11.4. The molecule has 2 aliphatic heterocycles. The van der Waals surface area contributed by atoms with Gasteiger partial charge in [-0.3, -0.25) is 14.5 Å². The minimum absolute atomic E-state index is 0.00579. The molecule has 10 heteroatoms. The Balaban J connectivity index is 1.46. The number of hydrogen-bond acceptors (Lipinski definition) is 9. The number of Topliss-reactive ketones (excluding diaryl/α,β-unsaturated/α-hetero) is 1. The third kappa shape index (κ3) is 5.25. The van der Waals surface area contributed by atoms with E-state index in [2.05, 4.69) is 4.98 Å². The zero-order valence-corrected chi connectivity index (χ0v) is 24.5. The van der Waals surface area contributed by atoms with Crippen LogP contribution in [0.2, 0.25) is 0 Å². The number of aromatic nitrogens is 1. The van der Waals surface area contributed by atoms with Crippen molar-refractivity contribution in [2.24, 2.45) is 0 Å². The number of thiazole rings is 1. The van der Waals surface area contributed by atoms with Crippen LogP contribution in [-0.2, 0) is 27.4 Å². The third-order valence-corrected chi connectivity index (χ3v) is 8.53. The molecule has 1 N–H and O–H groups in total. The lowest BCUT2D eigenvalue weighted by atomic mass is 9.94. The Morgan fingerprint density at radius 2 is 1.88 bits per heavy atom. The van der Waals surface area contributed by atoms with Crippen molar-refractivity contribution in [3.05, 3.63) is 111 Å². The van der Waals surface area contributed by atoms with Crippen molar-refractivity contribution in [2.45, 2.75) is 39.0 Å². The van der Waals surface area contributed by atoms with Gasteiger partial charge in [0.2, 0.25) is 0 Å². The summed E-state index contributed by atoms with van der Waals surface area (Å²) in [6.45, 7) is 3.90. The molecule has 0 spiro atoms. The first-order valence-corrected chi connectivity index (χ1v) is 14.5. The molecule has 0 radical (unpaired) electrons. The summed E-state index contributed by atoms with van der Waals surface area (Å²) in [6, 6.07) is 20.9. The van der Waals surface area contributed by atoms with E-state index < -0.39 is 23.7 Å². The number of carbonyl (C=O) groups is 3. The highest BCUT2D eigenvalue weighted by Crippen LogP contribution is 2.45. The maximum atomic E-state index is 13.7. The number of rotatable bonds is 7. The molecule has 6 rings (SSSR count). The van der Waals surface area contributed by atoms with Gasteiger partial charge in [0, 0.05) is 12.0 Å². The molecular weight excluding hydrogens is 568 g/mol. The van der Waals surface area contributed by atoms with Crippen LogP contribution in [0.15, 0.2) is 78.4 Å². The van der Waals surface area contributed by atoms with Crippen molar-refractivity contribution in [1.82, 2.24) is 4.98 Å². The number of methoxy groups -OCH3 is 1. The van der Waals surface area contributed by atoms with Gasteiger partial charge >= 0.3 is 11.9 Å². The SMILES string of the molecule is COC(=O)c1sc(N2C(=O)C(=O)C(=C(O)c3ccc4c(c3)C[C@H](C)O4)[C@@H]2c2cccc(OCc3ccccc3)c2)nc1C. The average molecular weight is 597 g/mol. The number of aliphatic hydroxyl groups is 1. The van der Waals surface area contributed by atoms with Crippen LogP contribution in [0.5, 0.6) is 11.5 Å². The summed E-state index contributed by atoms with van der Waals surface area (Å²) in [4.78, 5) is 45.6. The van der Waals surface area contributed by atoms with E-state index in [1.54, 1.807) is 49.4 Å². The summed E-state index contributed by atoms with van der Waals surface area (Å²) in [5, 5.41) is 11.8. The Hall–Kier alpha value is -4.96. The Morgan fingerprint density at radius 3 is 2.65 bits per heavy atom. The van der Waals surface area contributed by atoms with Crippen molar-refractivity contribution >= 4 is 39.9 Å². The first-order valence-electron chi connectivity index (χ1n) is 13.7. The normalized spacial score (nSPS) is 18.8. The Morgan fingerprint density at radius 1 is 1.09 bits per heavy atom. The zero-order valence-electron chi connectivity index (χ0n) is 23.7. The fourth-order valence-electron chi connectivity index (χ4n) is 5.35. The Labute approximate surface area is 252 Å². The lowest BCUT2D eigenvalue weighted by Crippen LogP contribution is -2.29. The monoisotopic (exact) mass is 596 g/mol. The lowest BCUT2D eigenvalue weighted by Gasteiger charge is -2.23. The maximum Gasteiger partial charge on any atom is 0.350 e. The van der Waals surface area contributed by atoms with E-state index in [4.69, 9.17) is 14.2 Å². The predicted molar refractivity (Wildman–Crippen MR) is 160 cm³/mol. The second-order valence-electron chi connectivity index (χ2n) is 10.4. The van der Waals surface area contributed by atoms with Crippen LogP contribution in [0.1, 0.15) is 50.6 Å². The summed E-state index contributed by atoms with van der Waals surface area (Å²) in [5.41, 5.74) is 3.06. The number of carbonyl (C=O) groups excluding carboxylic acids is 3. The van der Waals surface area contributed by atoms with E-state index >= 15 is 0 Å². The van der Waals surface area contributed by atoms with E-state index in [1.165, 1.54) is 12.0 Å². The highest BCUT2D eigenvalue weighted by molar-refractivity contribution is 7.17. The minimum Gasteiger partial charge on any atom is -0.507 e. The first kappa shape index (κ1) is 28.2. The van der Waals surface area contributed by atoms with Gasteiger partial charge in [-0.15, -0.1) is 0 Å². The van der Waals surface area contributed by atoms with Crippen LogP contribution >= 0.6 is 11.3 Å². The molecule has 2 aliphatic rings.